The predicted octanol–water partition coefficient (Wildman–Crippen LogP) is 2.80. The van der Waals surface area contributed by atoms with Crippen LogP contribution in [0.5, 0.6) is 0 Å². The lowest BCUT2D eigenvalue weighted by atomic mass is 10.1. The van der Waals surface area contributed by atoms with Crippen LogP contribution < -0.4 is 10.2 Å². The van der Waals surface area contributed by atoms with E-state index in [1.807, 2.05) is 18.2 Å². The first-order chi connectivity index (χ1) is 15.7. The van der Waals surface area contributed by atoms with Crippen LogP contribution in [0.2, 0.25) is 0 Å². The molecule has 0 spiro atoms. The molecule has 33 heavy (non-hydrogen) atoms. The summed E-state index contributed by atoms with van der Waals surface area (Å²) in [6, 6.07) is 14.8. The summed E-state index contributed by atoms with van der Waals surface area (Å²) < 4.78 is 10.5. The Bertz CT molecular complexity index is 1110. The minimum absolute atomic E-state index is 0.0220. The number of fused-ring (bicyclic) bond motifs is 1. The van der Waals surface area contributed by atoms with E-state index in [0.717, 1.165) is 10.4 Å². The molecule has 0 unspecified atom stereocenters. The van der Waals surface area contributed by atoms with Crippen molar-refractivity contribution < 1.29 is 28.7 Å². The third-order valence-electron chi connectivity index (χ3n) is 4.34. The van der Waals surface area contributed by atoms with Gasteiger partial charge in [0.1, 0.15) is 29.3 Å². The Balaban J connectivity index is 1.66. The number of rotatable bonds is 8. The molecule has 1 N–H and O–H groups in total. The second-order valence-electron chi connectivity index (χ2n) is 8.25. The molecule has 10 heteroatoms. The molecule has 0 fully saturated rings. The Morgan fingerprint density at radius 3 is 2.45 bits per heavy atom. The molecule has 0 aliphatic heterocycles. The van der Waals surface area contributed by atoms with Gasteiger partial charge in [0.2, 0.25) is 0 Å². The first-order valence-corrected chi connectivity index (χ1v) is 10.4. The second kappa shape index (κ2) is 10.6. The molecule has 3 rings (SSSR count). The maximum absolute atomic E-state index is 12.8. The summed E-state index contributed by atoms with van der Waals surface area (Å²) in [6.07, 6.45) is -0.997. The molecule has 0 aliphatic carbocycles. The van der Waals surface area contributed by atoms with Gasteiger partial charge in [0.05, 0.1) is 0 Å². The molecule has 0 aliphatic rings. The van der Waals surface area contributed by atoms with E-state index in [9.17, 15) is 14.4 Å². The molecule has 2 aromatic carbocycles. The SMILES string of the molecule is CC(C)(C)OC(=O)CC[C@H](NC(=O)OCc1ccccc1)C(=O)On1nnc2ccccc21. The van der Waals surface area contributed by atoms with E-state index in [-0.39, 0.29) is 19.4 Å². The number of para-hydroxylation sites is 1. The number of nitrogens with zero attached hydrogens (tertiary/aromatic N) is 3. The van der Waals surface area contributed by atoms with Gasteiger partial charge in [-0.3, -0.25) is 4.79 Å². The van der Waals surface area contributed by atoms with Gasteiger partial charge < -0.3 is 19.6 Å². The van der Waals surface area contributed by atoms with Gasteiger partial charge in [-0.25, -0.2) is 9.59 Å². The van der Waals surface area contributed by atoms with Crippen LogP contribution >= 0.6 is 0 Å². The van der Waals surface area contributed by atoms with Crippen molar-refractivity contribution in [3.63, 3.8) is 0 Å². The van der Waals surface area contributed by atoms with E-state index < -0.39 is 29.7 Å². The number of benzene rings is 2. The molecule has 1 aromatic heterocycles. The van der Waals surface area contributed by atoms with Crippen molar-refractivity contribution in [2.75, 3.05) is 0 Å². The molecular weight excluding hydrogens is 428 g/mol. The summed E-state index contributed by atoms with van der Waals surface area (Å²) in [5.41, 5.74) is 1.12. The number of nitrogens with one attached hydrogen (secondary N) is 1. The summed E-state index contributed by atoms with van der Waals surface area (Å²) in [7, 11) is 0. The molecule has 10 nitrogen and oxygen atoms in total. The summed E-state index contributed by atoms with van der Waals surface area (Å²) >= 11 is 0. The van der Waals surface area contributed by atoms with E-state index in [1.165, 1.54) is 0 Å². The van der Waals surface area contributed by atoms with Gasteiger partial charge in [0.15, 0.2) is 0 Å². The number of amides is 1. The Morgan fingerprint density at radius 1 is 1.03 bits per heavy atom. The van der Waals surface area contributed by atoms with Crippen LogP contribution in [0.4, 0.5) is 4.79 Å². The van der Waals surface area contributed by atoms with E-state index >= 15 is 0 Å². The minimum atomic E-state index is -1.18. The van der Waals surface area contributed by atoms with E-state index in [2.05, 4.69) is 15.6 Å². The average Bonchev–Trinajstić information content (AvgIpc) is 3.17. The van der Waals surface area contributed by atoms with Crippen molar-refractivity contribution in [3.05, 3.63) is 60.2 Å². The van der Waals surface area contributed by atoms with Crippen LogP contribution in [-0.2, 0) is 25.7 Å². The molecule has 1 heterocycles. The lowest BCUT2D eigenvalue weighted by molar-refractivity contribution is -0.155. The fourth-order valence-electron chi connectivity index (χ4n) is 2.87. The predicted molar refractivity (Wildman–Crippen MR) is 118 cm³/mol. The van der Waals surface area contributed by atoms with Crippen molar-refractivity contribution in [1.29, 1.82) is 0 Å². The normalized spacial score (nSPS) is 12.1. The van der Waals surface area contributed by atoms with Crippen molar-refractivity contribution in [1.82, 2.24) is 20.5 Å². The third-order valence-corrected chi connectivity index (χ3v) is 4.34. The van der Waals surface area contributed by atoms with Gasteiger partial charge >= 0.3 is 18.0 Å². The Hall–Kier alpha value is -3.95. The van der Waals surface area contributed by atoms with Gasteiger partial charge in [0.25, 0.3) is 0 Å². The quantitative estimate of drug-likeness (QED) is 0.407. The van der Waals surface area contributed by atoms with Crippen molar-refractivity contribution in [2.45, 2.75) is 51.9 Å². The minimum Gasteiger partial charge on any atom is -0.460 e. The van der Waals surface area contributed by atoms with E-state index in [4.69, 9.17) is 14.3 Å². The van der Waals surface area contributed by atoms with Gasteiger partial charge in [-0.2, -0.15) is 0 Å². The number of ether oxygens (including phenoxy) is 2. The first kappa shape index (κ1) is 23.7. The van der Waals surface area contributed by atoms with Crippen LogP contribution in [0.3, 0.4) is 0 Å². The highest BCUT2D eigenvalue weighted by Gasteiger charge is 2.27. The lowest BCUT2D eigenvalue weighted by Crippen LogP contribution is -2.45. The summed E-state index contributed by atoms with van der Waals surface area (Å²) in [4.78, 5) is 43.6. The Morgan fingerprint density at radius 2 is 1.73 bits per heavy atom. The molecule has 0 radical (unpaired) electrons. The molecular formula is C23H26N4O6. The number of esters is 1. The molecule has 1 atom stereocenters. The Kier molecular flexibility index (Phi) is 7.60. The maximum Gasteiger partial charge on any atom is 0.408 e. The first-order valence-electron chi connectivity index (χ1n) is 10.4. The number of hydrogen-bond acceptors (Lipinski definition) is 8. The van der Waals surface area contributed by atoms with Gasteiger partial charge in [-0.05, 0) is 50.1 Å². The number of carbonyl (C=O) groups is 3. The zero-order valence-corrected chi connectivity index (χ0v) is 18.7. The third kappa shape index (κ3) is 7.30. The fourth-order valence-corrected chi connectivity index (χ4v) is 2.87. The van der Waals surface area contributed by atoms with Crippen LogP contribution in [0, 0.1) is 0 Å². The molecule has 0 bridgehead atoms. The van der Waals surface area contributed by atoms with Crippen molar-refractivity contribution in [3.8, 4) is 0 Å². The van der Waals surface area contributed by atoms with Crippen LogP contribution in [-0.4, -0.2) is 44.8 Å². The molecule has 3 aromatic rings. The summed E-state index contributed by atoms with van der Waals surface area (Å²) in [6.45, 7) is 5.25. The van der Waals surface area contributed by atoms with Gasteiger partial charge in [0, 0.05) is 6.42 Å². The van der Waals surface area contributed by atoms with Crippen LogP contribution in [0.1, 0.15) is 39.2 Å². The maximum atomic E-state index is 12.8. The van der Waals surface area contributed by atoms with E-state index in [1.54, 1.807) is 57.2 Å². The van der Waals surface area contributed by atoms with Crippen LogP contribution in [0.15, 0.2) is 54.6 Å². The number of hydrogen-bond donors (Lipinski definition) is 1. The monoisotopic (exact) mass is 454 g/mol. The van der Waals surface area contributed by atoms with Crippen molar-refractivity contribution in [2.24, 2.45) is 0 Å². The fraction of sp³-hybridized carbons (Fsp3) is 0.348. The summed E-state index contributed by atoms with van der Waals surface area (Å²) in [5.74, 6) is -1.34. The second-order valence-corrected chi connectivity index (χ2v) is 8.25. The standard InChI is InChI=1S/C23H26N4O6/c1-23(2,3)32-20(28)14-13-18(24-22(30)31-15-16-9-5-4-6-10-16)21(29)33-27-19-12-8-7-11-17(19)25-26-27/h4-12,18H,13-15H2,1-3H3,(H,24,30)/t18-/m0/s1. The highest BCUT2D eigenvalue weighted by Crippen LogP contribution is 2.12. The number of alkyl carbamates (subject to hydrolysis) is 1. The van der Waals surface area contributed by atoms with E-state index in [0.29, 0.717) is 11.0 Å². The highest BCUT2D eigenvalue weighted by molar-refractivity contribution is 5.83. The molecule has 0 saturated carbocycles. The van der Waals surface area contributed by atoms with Gasteiger partial charge in [-0.15, -0.1) is 5.10 Å². The van der Waals surface area contributed by atoms with Gasteiger partial charge in [-0.1, -0.05) is 47.3 Å². The number of aromatic nitrogens is 3. The number of carbonyl (C=O) groups excluding carboxylic acids is 3. The zero-order valence-electron chi connectivity index (χ0n) is 18.7. The topological polar surface area (TPSA) is 122 Å². The largest absolute Gasteiger partial charge is 0.460 e. The van der Waals surface area contributed by atoms with Crippen LogP contribution in [0.25, 0.3) is 11.0 Å². The molecule has 174 valence electrons. The smallest absolute Gasteiger partial charge is 0.408 e. The summed E-state index contributed by atoms with van der Waals surface area (Å²) in [5, 5.41) is 10.2. The molecule has 0 saturated heterocycles. The Labute approximate surface area is 190 Å². The highest BCUT2D eigenvalue weighted by atomic mass is 16.7. The lowest BCUT2D eigenvalue weighted by Gasteiger charge is -2.21. The zero-order chi connectivity index (χ0) is 23.8. The molecule has 1 amide bonds. The van der Waals surface area contributed by atoms with Crippen molar-refractivity contribution >= 4 is 29.1 Å². The average molecular weight is 454 g/mol.